The molecular formula is C29H33FN2O2. The van der Waals surface area contributed by atoms with Crippen LogP contribution >= 0.6 is 0 Å². The van der Waals surface area contributed by atoms with Gasteiger partial charge in [0, 0.05) is 26.2 Å². The van der Waals surface area contributed by atoms with E-state index in [2.05, 4.69) is 28.4 Å². The molecule has 1 heterocycles. The minimum atomic E-state index is -0.192. The van der Waals surface area contributed by atoms with Crippen molar-refractivity contribution in [1.82, 2.24) is 10.2 Å². The SMILES string of the molecule is COc1cccc(CN2CC(C(=O)NCCc3ccccc3)CC(c3ccc(F)c(C)c3)C2)c1. The summed E-state index contributed by atoms with van der Waals surface area (Å²) in [5, 5.41) is 3.15. The van der Waals surface area contributed by atoms with E-state index in [1.807, 2.05) is 48.5 Å². The van der Waals surface area contributed by atoms with Crippen molar-refractivity contribution >= 4 is 5.91 Å². The van der Waals surface area contributed by atoms with Gasteiger partial charge in [-0.05, 0) is 66.1 Å². The number of halogens is 1. The summed E-state index contributed by atoms with van der Waals surface area (Å²) in [5.41, 5.74) is 4.10. The molecule has 3 aromatic rings. The van der Waals surface area contributed by atoms with Crippen LogP contribution in [0.2, 0.25) is 0 Å². The second-order valence-electron chi connectivity index (χ2n) is 9.21. The number of hydrogen-bond acceptors (Lipinski definition) is 3. The quantitative estimate of drug-likeness (QED) is 0.508. The topological polar surface area (TPSA) is 41.6 Å². The van der Waals surface area contributed by atoms with Gasteiger partial charge in [0.2, 0.25) is 5.91 Å². The van der Waals surface area contributed by atoms with Crippen molar-refractivity contribution in [3.05, 3.63) is 101 Å². The highest BCUT2D eigenvalue weighted by molar-refractivity contribution is 5.79. The molecule has 0 saturated carbocycles. The summed E-state index contributed by atoms with van der Waals surface area (Å²) < 4.78 is 19.3. The molecule has 4 nitrogen and oxygen atoms in total. The molecule has 1 amide bonds. The van der Waals surface area contributed by atoms with E-state index >= 15 is 0 Å². The highest BCUT2D eigenvalue weighted by Gasteiger charge is 2.32. The van der Waals surface area contributed by atoms with Gasteiger partial charge < -0.3 is 10.1 Å². The average molecular weight is 461 g/mol. The number of aryl methyl sites for hydroxylation is 1. The van der Waals surface area contributed by atoms with Gasteiger partial charge in [-0.3, -0.25) is 9.69 Å². The first kappa shape index (κ1) is 24.0. The Kier molecular flexibility index (Phi) is 7.96. The molecule has 1 aliphatic heterocycles. The van der Waals surface area contributed by atoms with Gasteiger partial charge in [0.05, 0.1) is 13.0 Å². The molecule has 2 unspecified atom stereocenters. The molecule has 1 N–H and O–H groups in total. The molecule has 0 spiro atoms. The predicted molar refractivity (Wildman–Crippen MR) is 133 cm³/mol. The van der Waals surface area contributed by atoms with Crippen molar-refractivity contribution in [2.24, 2.45) is 5.92 Å². The summed E-state index contributed by atoms with van der Waals surface area (Å²) in [6.45, 7) is 4.68. The largest absolute Gasteiger partial charge is 0.497 e. The van der Waals surface area contributed by atoms with Gasteiger partial charge in [-0.1, -0.05) is 54.6 Å². The zero-order valence-corrected chi connectivity index (χ0v) is 20.0. The van der Waals surface area contributed by atoms with Gasteiger partial charge in [-0.15, -0.1) is 0 Å². The van der Waals surface area contributed by atoms with Gasteiger partial charge >= 0.3 is 0 Å². The van der Waals surface area contributed by atoms with Crippen molar-refractivity contribution in [1.29, 1.82) is 0 Å². The van der Waals surface area contributed by atoms with Crippen LogP contribution in [-0.2, 0) is 17.8 Å². The van der Waals surface area contributed by atoms with E-state index in [9.17, 15) is 9.18 Å². The molecule has 0 aliphatic carbocycles. The standard InChI is InChI=1S/C29H33FN2O2/c1-21-15-24(11-12-28(21)30)25-17-26(29(33)31-14-13-22-7-4-3-5-8-22)20-32(19-25)18-23-9-6-10-27(16-23)34-2/h3-12,15-16,25-26H,13-14,17-20H2,1-2H3,(H,31,33). The molecule has 1 saturated heterocycles. The Morgan fingerprint density at radius 2 is 1.82 bits per heavy atom. The van der Waals surface area contributed by atoms with E-state index in [-0.39, 0.29) is 23.6 Å². The van der Waals surface area contributed by atoms with Crippen LogP contribution in [0, 0.1) is 18.7 Å². The highest BCUT2D eigenvalue weighted by atomic mass is 19.1. The fourth-order valence-electron chi connectivity index (χ4n) is 4.82. The van der Waals surface area contributed by atoms with Gasteiger partial charge in [0.1, 0.15) is 11.6 Å². The van der Waals surface area contributed by atoms with Crippen LogP contribution in [0.5, 0.6) is 5.75 Å². The first-order chi connectivity index (χ1) is 16.5. The number of hydrogen-bond donors (Lipinski definition) is 1. The fraction of sp³-hybridized carbons (Fsp3) is 0.345. The van der Waals surface area contributed by atoms with Crippen LogP contribution in [0.3, 0.4) is 0 Å². The molecule has 0 aromatic heterocycles. The van der Waals surface area contributed by atoms with Gasteiger partial charge in [-0.2, -0.15) is 0 Å². The van der Waals surface area contributed by atoms with Crippen LogP contribution in [0.1, 0.15) is 34.6 Å². The van der Waals surface area contributed by atoms with Crippen LogP contribution in [0.15, 0.2) is 72.8 Å². The summed E-state index contributed by atoms with van der Waals surface area (Å²) in [4.78, 5) is 15.5. The minimum Gasteiger partial charge on any atom is -0.497 e. The number of benzene rings is 3. The Morgan fingerprint density at radius 3 is 2.59 bits per heavy atom. The number of methoxy groups -OCH3 is 1. The third-order valence-electron chi connectivity index (χ3n) is 6.65. The molecule has 178 valence electrons. The maximum atomic E-state index is 13.9. The fourth-order valence-corrected chi connectivity index (χ4v) is 4.82. The summed E-state index contributed by atoms with van der Waals surface area (Å²) in [5.74, 6) is 0.780. The zero-order valence-electron chi connectivity index (χ0n) is 20.0. The number of rotatable bonds is 8. The first-order valence-electron chi connectivity index (χ1n) is 11.9. The number of likely N-dealkylation sites (tertiary alicyclic amines) is 1. The number of amides is 1. The third kappa shape index (κ3) is 6.23. The second-order valence-corrected chi connectivity index (χ2v) is 9.21. The maximum Gasteiger partial charge on any atom is 0.224 e. The molecule has 1 fully saturated rings. The van der Waals surface area contributed by atoms with Gasteiger partial charge in [0.15, 0.2) is 0 Å². The normalized spacial score (nSPS) is 18.4. The maximum absolute atomic E-state index is 13.9. The Hall–Kier alpha value is -3.18. The molecule has 0 bridgehead atoms. The van der Waals surface area contributed by atoms with E-state index in [1.54, 1.807) is 20.1 Å². The molecule has 4 rings (SSSR count). The lowest BCUT2D eigenvalue weighted by atomic mass is 9.83. The van der Waals surface area contributed by atoms with Crippen LogP contribution in [-0.4, -0.2) is 37.6 Å². The van der Waals surface area contributed by atoms with Crippen molar-refractivity contribution in [3.63, 3.8) is 0 Å². The van der Waals surface area contributed by atoms with E-state index < -0.39 is 0 Å². The number of ether oxygens (including phenoxy) is 1. The summed E-state index contributed by atoms with van der Waals surface area (Å²) in [6, 6.07) is 23.6. The van der Waals surface area contributed by atoms with Crippen LogP contribution < -0.4 is 10.1 Å². The molecule has 0 radical (unpaired) electrons. The second kappa shape index (κ2) is 11.3. The molecular weight excluding hydrogens is 427 g/mol. The lowest BCUT2D eigenvalue weighted by molar-refractivity contribution is -0.127. The van der Waals surface area contributed by atoms with E-state index in [0.29, 0.717) is 18.7 Å². The summed E-state index contributed by atoms with van der Waals surface area (Å²) in [6.07, 6.45) is 1.57. The van der Waals surface area contributed by atoms with Crippen molar-refractivity contribution in [2.45, 2.75) is 32.2 Å². The smallest absolute Gasteiger partial charge is 0.224 e. The molecule has 5 heteroatoms. The first-order valence-corrected chi connectivity index (χ1v) is 11.9. The lowest BCUT2D eigenvalue weighted by Gasteiger charge is -2.37. The van der Waals surface area contributed by atoms with E-state index in [0.717, 1.165) is 42.8 Å². The zero-order chi connectivity index (χ0) is 23.9. The summed E-state index contributed by atoms with van der Waals surface area (Å²) >= 11 is 0. The highest BCUT2D eigenvalue weighted by Crippen LogP contribution is 2.32. The van der Waals surface area contributed by atoms with Crippen molar-refractivity contribution in [3.8, 4) is 5.75 Å². The average Bonchev–Trinajstić information content (AvgIpc) is 2.86. The number of piperidine rings is 1. The monoisotopic (exact) mass is 460 g/mol. The number of carbonyl (C=O) groups is 1. The molecule has 3 aromatic carbocycles. The van der Waals surface area contributed by atoms with E-state index in [1.165, 1.54) is 5.56 Å². The summed E-state index contributed by atoms with van der Waals surface area (Å²) in [7, 11) is 1.67. The van der Waals surface area contributed by atoms with Crippen molar-refractivity contribution < 1.29 is 13.9 Å². The predicted octanol–water partition coefficient (Wildman–Crippen LogP) is 5.11. The van der Waals surface area contributed by atoms with E-state index in [4.69, 9.17) is 4.74 Å². The van der Waals surface area contributed by atoms with Crippen LogP contribution in [0.25, 0.3) is 0 Å². The van der Waals surface area contributed by atoms with Crippen molar-refractivity contribution in [2.75, 3.05) is 26.7 Å². The number of nitrogens with one attached hydrogen (secondary N) is 1. The number of nitrogens with zero attached hydrogens (tertiary/aromatic N) is 1. The lowest BCUT2D eigenvalue weighted by Crippen LogP contribution is -2.45. The van der Waals surface area contributed by atoms with Gasteiger partial charge in [0.25, 0.3) is 0 Å². The molecule has 34 heavy (non-hydrogen) atoms. The van der Waals surface area contributed by atoms with Crippen LogP contribution in [0.4, 0.5) is 4.39 Å². The Bertz CT molecular complexity index is 1100. The molecule has 1 aliphatic rings. The third-order valence-corrected chi connectivity index (χ3v) is 6.65. The Labute approximate surface area is 201 Å². The number of carbonyl (C=O) groups excluding carboxylic acids is 1. The minimum absolute atomic E-state index is 0.0927. The Balaban J connectivity index is 1.47. The Morgan fingerprint density at radius 1 is 1.03 bits per heavy atom. The molecule has 2 atom stereocenters. The van der Waals surface area contributed by atoms with Gasteiger partial charge in [-0.25, -0.2) is 4.39 Å².